The highest BCUT2D eigenvalue weighted by Gasteiger charge is 2.30. The summed E-state index contributed by atoms with van der Waals surface area (Å²) < 4.78 is 31.8. The van der Waals surface area contributed by atoms with E-state index in [-0.39, 0.29) is 31.2 Å². The number of rotatable bonds is 9. The number of halogens is 2. The van der Waals surface area contributed by atoms with Crippen molar-refractivity contribution in [2.24, 2.45) is 0 Å². The molecule has 1 heterocycles. The van der Waals surface area contributed by atoms with Crippen LogP contribution in [0.15, 0.2) is 18.2 Å². The summed E-state index contributed by atoms with van der Waals surface area (Å²) in [5, 5.41) is 24.3. The first-order chi connectivity index (χ1) is 12.8. The van der Waals surface area contributed by atoms with Crippen molar-refractivity contribution < 1.29 is 33.3 Å². The second-order valence-corrected chi connectivity index (χ2v) is 6.31. The molecule has 0 unspecified atom stereocenters. The predicted octanol–water partition coefficient (Wildman–Crippen LogP) is 0.935. The number of aliphatic hydroxyl groups excluding tert-OH is 1. The summed E-state index contributed by atoms with van der Waals surface area (Å²) in [4.78, 5) is 24.0. The molecule has 27 heavy (non-hydrogen) atoms. The van der Waals surface area contributed by atoms with Crippen LogP contribution in [0.5, 0.6) is 0 Å². The van der Waals surface area contributed by atoms with Crippen LogP contribution < -0.4 is 10.6 Å². The van der Waals surface area contributed by atoms with Gasteiger partial charge in [-0.3, -0.25) is 0 Å². The van der Waals surface area contributed by atoms with Crippen molar-refractivity contribution in [1.29, 1.82) is 0 Å². The number of nitrogens with one attached hydrogen (secondary N) is 2. The summed E-state index contributed by atoms with van der Waals surface area (Å²) in [5.74, 6) is -1.56. The Labute approximate surface area is 155 Å². The Kier molecular flexibility index (Phi) is 7.31. The molecule has 0 aromatic heterocycles. The molecule has 3 atom stereocenters. The topological polar surface area (TPSA) is 111 Å². The Bertz CT molecular complexity index is 656. The first-order valence-electron chi connectivity index (χ1n) is 8.57. The second-order valence-electron chi connectivity index (χ2n) is 6.31. The number of aliphatic hydroxyl groups is 1. The molecular formula is C17H23F2N3O5. The Hall–Kier alpha value is -2.46. The van der Waals surface area contributed by atoms with Gasteiger partial charge in [0.25, 0.3) is 0 Å². The van der Waals surface area contributed by atoms with E-state index in [2.05, 4.69) is 10.6 Å². The Balaban J connectivity index is 1.89. The Morgan fingerprint density at radius 2 is 2.04 bits per heavy atom. The molecule has 150 valence electrons. The SMILES string of the molecule is CCN1C[C@H](CNC[C@H](O)[C@H](Cc2cc(F)cc(F)c2)NC(=O)O)OC1=O. The van der Waals surface area contributed by atoms with E-state index < -0.39 is 36.0 Å². The van der Waals surface area contributed by atoms with E-state index >= 15 is 0 Å². The zero-order chi connectivity index (χ0) is 20.0. The quantitative estimate of drug-likeness (QED) is 0.502. The first-order valence-corrected chi connectivity index (χ1v) is 8.57. The van der Waals surface area contributed by atoms with Gasteiger partial charge in [0.2, 0.25) is 0 Å². The van der Waals surface area contributed by atoms with Gasteiger partial charge in [-0.15, -0.1) is 0 Å². The predicted molar refractivity (Wildman–Crippen MR) is 91.4 cm³/mol. The van der Waals surface area contributed by atoms with Crippen LogP contribution in [0.4, 0.5) is 18.4 Å². The number of carbonyl (C=O) groups excluding carboxylic acids is 1. The van der Waals surface area contributed by atoms with Gasteiger partial charge in [-0.25, -0.2) is 18.4 Å². The van der Waals surface area contributed by atoms with Gasteiger partial charge < -0.3 is 30.5 Å². The molecule has 1 aliphatic rings. The van der Waals surface area contributed by atoms with E-state index in [9.17, 15) is 23.5 Å². The lowest BCUT2D eigenvalue weighted by Crippen LogP contribution is -2.49. The lowest BCUT2D eigenvalue weighted by Gasteiger charge is -2.24. The third-order valence-electron chi connectivity index (χ3n) is 4.21. The zero-order valence-corrected chi connectivity index (χ0v) is 14.8. The Morgan fingerprint density at radius 3 is 2.59 bits per heavy atom. The van der Waals surface area contributed by atoms with E-state index in [0.717, 1.165) is 12.1 Å². The molecule has 4 N–H and O–H groups in total. The average molecular weight is 387 g/mol. The van der Waals surface area contributed by atoms with Crippen LogP contribution in [-0.2, 0) is 11.2 Å². The van der Waals surface area contributed by atoms with E-state index in [1.165, 1.54) is 4.90 Å². The van der Waals surface area contributed by atoms with E-state index in [4.69, 9.17) is 9.84 Å². The minimum Gasteiger partial charge on any atom is -0.465 e. The van der Waals surface area contributed by atoms with Crippen molar-refractivity contribution in [3.05, 3.63) is 35.4 Å². The molecule has 1 fully saturated rings. The molecule has 0 radical (unpaired) electrons. The molecule has 0 spiro atoms. The van der Waals surface area contributed by atoms with Crippen LogP contribution in [0.1, 0.15) is 12.5 Å². The summed E-state index contributed by atoms with van der Waals surface area (Å²) in [6.07, 6.45) is -3.38. The number of carbonyl (C=O) groups is 2. The number of cyclic esters (lactones) is 1. The number of amides is 2. The minimum absolute atomic E-state index is 0.00290. The molecule has 1 aliphatic heterocycles. The van der Waals surface area contributed by atoms with Crippen LogP contribution >= 0.6 is 0 Å². The fourth-order valence-corrected chi connectivity index (χ4v) is 2.90. The fraction of sp³-hybridized carbons (Fsp3) is 0.529. The van der Waals surface area contributed by atoms with Crippen molar-refractivity contribution in [1.82, 2.24) is 15.5 Å². The molecule has 1 aromatic carbocycles. The lowest BCUT2D eigenvalue weighted by atomic mass is 10.0. The number of ether oxygens (including phenoxy) is 1. The number of carboxylic acid groups (broad SMARTS) is 1. The van der Waals surface area contributed by atoms with Gasteiger partial charge in [0.05, 0.1) is 18.7 Å². The minimum atomic E-state index is -1.36. The van der Waals surface area contributed by atoms with E-state index in [0.29, 0.717) is 19.2 Å². The number of nitrogens with zero attached hydrogens (tertiary/aromatic N) is 1. The van der Waals surface area contributed by atoms with Crippen LogP contribution in [0, 0.1) is 11.6 Å². The number of hydrogen-bond donors (Lipinski definition) is 4. The van der Waals surface area contributed by atoms with Crippen molar-refractivity contribution in [2.75, 3.05) is 26.2 Å². The van der Waals surface area contributed by atoms with Crippen LogP contribution in [0.25, 0.3) is 0 Å². The molecule has 2 rings (SSSR count). The fourth-order valence-electron chi connectivity index (χ4n) is 2.90. The van der Waals surface area contributed by atoms with Crippen molar-refractivity contribution in [3.63, 3.8) is 0 Å². The highest BCUT2D eigenvalue weighted by molar-refractivity contribution is 5.69. The number of hydrogen-bond acceptors (Lipinski definition) is 5. The standard InChI is InChI=1S/C17H23F2N3O5/c1-2-22-9-13(27-17(22)26)7-20-8-15(23)14(21-16(24)25)5-10-3-11(18)6-12(19)4-10/h3-4,6,13-15,20-21,23H,2,5,7-9H2,1H3,(H,24,25)/t13-,14-,15-/m0/s1. The van der Waals surface area contributed by atoms with Gasteiger partial charge in [0, 0.05) is 25.7 Å². The highest BCUT2D eigenvalue weighted by atomic mass is 19.1. The molecule has 1 saturated heterocycles. The maximum absolute atomic E-state index is 13.3. The molecule has 8 nitrogen and oxygen atoms in total. The zero-order valence-electron chi connectivity index (χ0n) is 14.8. The summed E-state index contributed by atoms with van der Waals surface area (Å²) in [6, 6.07) is 1.90. The summed E-state index contributed by atoms with van der Waals surface area (Å²) >= 11 is 0. The third kappa shape index (κ3) is 6.33. The molecule has 0 bridgehead atoms. The van der Waals surface area contributed by atoms with Gasteiger partial charge in [-0.2, -0.15) is 0 Å². The maximum atomic E-state index is 13.3. The normalized spacial score (nSPS) is 18.9. The third-order valence-corrected chi connectivity index (χ3v) is 4.21. The summed E-state index contributed by atoms with van der Waals surface area (Å²) in [7, 11) is 0. The van der Waals surface area contributed by atoms with Crippen LogP contribution in [-0.4, -0.2) is 71.7 Å². The molecular weight excluding hydrogens is 364 g/mol. The van der Waals surface area contributed by atoms with Gasteiger partial charge >= 0.3 is 12.2 Å². The van der Waals surface area contributed by atoms with Gasteiger partial charge in [0.1, 0.15) is 17.7 Å². The number of likely N-dealkylation sites (N-methyl/N-ethyl adjacent to an activating group) is 1. The second kappa shape index (κ2) is 9.47. The van der Waals surface area contributed by atoms with Crippen molar-refractivity contribution in [2.45, 2.75) is 31.6 Å². The monoisotopic (exact) mass is 387 g/mol. The van der Waals surface area contributed by atoms with E-state index in [1.807, 2.05) is 6.92 Å². The van der Waals surface area contributed by atoms with Crippen molar-refractivity contribution >= 4 is 12.2 Å². The molecule has 1 aromatic rings. The first kappa shape index (κ1) is 20.8. The average Bonchev–Trinajstić information content (AvgIpc) is 2.92. The molecule has 0 aliphatic carbocycles. The summed E-state index contributed by atoms with van der Waals surface area (Å²) in [6.45, 7) is 3.08. The highest BCUT2D eigenvalue weighted by Crippen LogP contribution is 2.12. The van der Waals surface area contributed by atoms with Crippen LogP contribution in [0.3, 0.4) is 0 Å². The van der Waals surface area contributed by atoms with Gasteiger partial charge in [-0.1, -0.05) is 0 Å². The molecule has 0 saturated carbocycles. The largest absolute Gasteiger partial charge is 0.465 e. The van der Waals surface area contributed by atoms with E-state index in [1.54, 1.807) is 0 Å². The summed E-state index contributed by atoms with van der Waals surface area (Å²) in [5.41, 5.74) is 0.216. The van der Waals surface area contributed by atoms with Gasteiger partial charge in [-0.05, 0) is 31.0 Å². The van der Waals surface area contributed by atoms with Crippen molar-refractivity contribution in [3.8, 4) is 0 Å². The lowest BCUT2D eigenvalue weighted by molar-refractivity contribution is 0.108. The smallest absolute Gasteiger partial charge is 0.410 e. The molecule has 2 amide bonds. The van der Waals surface area contributed by atoms with Crippen LogP contribution in [0.2, 0.25) is 0 Å². The maximum Gasteiger partial charge on any atom is 0.410 e. The van der Waals surface area contributed by atoms with Gasteiger partial charge in [0.15, 0.2) is 0 Å². The molecule has 10 heteroatoms. The number of benzene rings is 1. The Morgan fingerprint density at radius 1 is 1.37 bits per heavy atom.